The second kappa shape index (κ2) is 5.67. The van der Waals surface area contributed by atoms with Gasteiger partial charge < -0.3 is 5.73 Å². The predicted octanol–water partition coefficient (Wildman–Crippen LogP) is 1.86. The molecule has 0 saturated heterocycles. The first kappa shape index (κ1) is 14.6. The highest BCUT2D eigenvalue weighted by molar-refractivity contribution is 7.88. The molecule has 2 aromatic rings. The summed E-state index contributed by atoms with van der Waals surface area (Å²) in [5, 5.41) is 9.03. The fourth-order valence-electron chi connectivity index (χ4n) is 1.73. The monoisotopic (exact) mass is 309 g/mol. The van der Waals surface area contributed by atoms with E-state index in [1.54, 1.807) is 30.3 Å². The van der Waals surface area contributed by atoms with E-state index in [9.17, 15) is 18.5 Å². The summed E-state index contributed by atoms with van der Waals surface area (Å²) in [5.74, 6) is 0. The van der Waals surface area contributed by atoms with Gasteiger partial charge in [-0.3, -0.25) is 0 Å². The van der Waals surface area contributed by atoms with Crippen LogP contribution in [0.25, 0.3) is 0 Å². The maximum Gasteiger partial charge on any atom is 0.400 e. The summed E-state index contributed by atoms with van der Waals surface area (Å²) >= 11 is 0. The molecule has 0 fully saturated rings. The maximum atomic E-state index is 12.1. The highest BCUT2D eigenvalue weighted by Gasteiger charge is 2.29. The summed E-state index contributed by atoms with van der Waals surface area (Å²) < 4.78 is 28.7. The van der Waals surface area contributed by atoms with E-state index in [0.29, 0.717) is 4.31 Å². The molecule has 0 aliphatic heterocycles. The smallest absolute Gasteiger partial charge is 0.397 e. The van der Waals surface area contributed by atoms with E-state index in [1.165, 1.54) is 24.3 Å². The number of hydrogen-bond acceptors (Lipinski definition) is 6. The van der Waals surface area contributed by atoms with Crippen LogP contribution in [-0.4, -0.2) is 13.5 Å². The Morgan fingerprint density at radius 1 is 1.05 bits per heavy atom. The Hall–Kier alpha value is -2.81. The first-order valence-electron chi connectivity index (χ1n) is 5.70. The highest BCUT2D eigenvalue weighted by Crippen LogP contribution is 2.33. The average molecular weight is 309 g/mol. The van der Waals surface area contributed by atoms with Crippen molar-refractivity contribution < 1.29 is 17.8 Å². The van der Waals surface area contributed by atoms with Crippen LogP contribution in [0.5, 0.6) is 0 Å². The van der Waals surface area contributed by atoms with Crippen LogP contribution >= 0.6 is 0 Å². The van der Waals surface area contributed by atoms with Gasteiger partial charge in [0.25, 0.3) is 0 Å². The molecule has 8 nitrogen and oxygen atoms in total. The normalized spacial score (nSPS) is 10.9. The van der Waals surface area contributed by atoms with Gasteiger partial charge in [0.1, 0.15) is 0 Å². The SMILES string of the molecule is Nc1ccccc1N(c1ccccc1)S(=O)(=O)O[N+](=O)[O-]. The van der Waals surface area contributed by atoms with E-state index >= 15 is 0 Å². The number of hydrogen-bond donors (Lipinski definition) is 1. The van der Waals surface area contributed by atoms with Crippen molar-refractivity contribution in [3.05, 3.63) is 64.7 Å². The number of nitrogens with two attached hydrogens (primary N) is 1. The second-order valence-corrected chi connectivity index (χ2v) is 5.28. The summed E-state index contributed by atoms with van der Waals surface area (Å²) in [6, 6.07) is 13.9. The number of nitrogen functional groups attached to an aromatic ring is 1. The van der Waals surface area contributed by atoms with Crippen molar-refractivity contribution in [2.75, 3.05) is 10.0 Å². The van der Waals surface area contributed by atoms with Gasteiger partial charge in [-0.25, -0.2) is 4.31 Å². The molecule has 0 aromatic heterocycles. The lowest BCUT2D eigenvalue weighted by Gasteiger charge is -2.23. The summed E-state index contributed by atoms with van der Waals surface area (Å²) in [7, 11) is -4.70. The van der Waals surface area contributed by atoms with Crippen LogP contribution in [0.4, 0.5) is 17.1 Å². The summed E-state index contributed by atoms with van der Waals surface area (Å²) in [6.45, 7) is 0. The molecule has 0 amide bonds. The fraction of sp³-hybridized carbons (Fsp3) is 0. The second-order valence-electron chi connectivity index (χ2n) is 3.91. The third-order valence-corrected chi connectivity index (χ3v) is 3.69. The molecular weight excluding hydrogens is 298 g/mol. The number of anilines is 3. The third kappa shape index (κ3) is 3.20. The molecule has 0 unspecified atom stereocenters. The summed E-state index contributed by atoms with van der Waals surface area (Å²) in [4.78, 5) is 10.4. The molecule has 2 N–H and O–H groups in total. The van der Waals surface area contributed by atoms with Crippen molar-refractivity contribution in [3.8, 4) is 0 Å². The zero-order valence-electron chi connectivity index (χ0n) is 10.6. The van der Waals surface area contributed by atoms with Gasteiger partial charge in [-0.15, -0.1) is 10.1 Å². The number of para-hydroxylation sites is 3. The van der Waals surface area contributed by atoms with Crippen LogP contribution in [0.1, 0.15) is 0 Å². The molecule has 0 spiro atoms. The third-order valence-electron chi connectivity index (χ3n) is 2.52. The largest absolute Gasteiger partial charge is 0.400 e. The fourth-order valence-corrected chi connectivity index (χ4v) is 2.74. The minimum absolute atomic E-state index is 0.0607. The molecule has 0 saturated carbocycles. The number of nitrogens with zero attached hydrogens (tertiary/aromatic N) is 2. The van der Waals surface area contributed by atoms with Crippen molar-refractivity contribution in [3.63, 3.8) is 0 Å². The van der Waals surface area contributed by atoms with Crippen molar-refractivity contribution in [2.24, 2.45) is 0 Å². The van der Waals surface area contributed by atoms with Gasteiger partial charge in [0.05, 0.1) is 17.1 Å². The Morgan fingerprint density at radius 2 is 1.62 bits per heavy atom. The van der Waals surface area contributed by atoms with Crippen LogP contribution in [-0.2, 0) is 14.6 Å². The average Bonchev–Trinajstić information content (AvgIpc) is 2.41. The van der Waals surface area contributed by atoms with Crippen LogP contribution in [0.2, 0.25) is 0 Å². The first-order valence-corrected chi connectivity index (χ1v) is 7.07. The van der Waals surface area contributed by atoms with E-state index in [2.05, 4.69) is 4.28 Å². The maximum absolute atomic E-state index is 12.1. The van der Waals surface area contributed by atoms with Gasteiger partial charge in [0, 0.05) is 0 Å². The lowest BCUT2D eigenvalue weighted by Crippen LogP contribution is -2.30. The Bertz CT molecular complexity index is 748. The molecule has 0 bridgehead atoms. The number of benzene rings is 2. The molecule has 0 aliphatic carbocycles. The topological polar surface area (TPSA) is 116 Å². The Balaban J connectivity index is 2.62. The first-order chi connectivity index (χ1) is 9.92. The van der Waals surface area contributed by atoms with E-state index in [1.807, 2.05) is 0 Å². The highest BCUT2D eigenvalue weighted by atomic mass is 32.2. The van der Waals surface area contributed by atoms with Crippen molar-refractivity contribution >= 4 is 27.4 Å². The molecule has 0 aliphatic rings. The molecule has 0 atom stereocenters. The minimum atomic E-state index is -4.70. The molecule has 9 heteroatoms. The molecule has 21 heavy (non-hydrogen) atoms. The lowest BCUT2D eigenvalue weighted by molar-refractivity contribution is -0.711. The molecule has 110 valence electrons. The van der Waals surface area contributed by atoms with Crippen LogP contribution in [0, 0.1) is 10.1 Å². The van der Waals surface area contributed by atoms with E-state index < -0.39 is 15.4 Å². The molecular formula is C12H11N3O5S. The Morgan fingerprint density at radius 3 is 2.19 bits per heavy atom. The van der Waals surface area contributed by atoms with E-state index in [4.69, 9.17) is 5.73 Å². The van der Waals surface area contributed by atoms with Gasteiger partial charge >= 0.3 is 15.4 Å². The van der Waals surface area contributed by atoms with Gasteiger partial charge in [-0.1, -0.05) is 30.3 Å². The quantitative estimate of drug-likeness (QED) is 0.512. The van der Waals surface area contributed by atoms with Gasteiger partial charge in [-0.05, 0) is 24.3 Å². The summed E-state index contributed by atoms with van der Waals surface area (Å²) in [5.41, 5.74) is 6.12. The van der Waals surface area contributed by atoms with Crippen molar-refractivity contribution in [1.29, 1.82) is 0 Å². The minimum Gasteiger partial charge on any atom is -0.397 e. The van der Waals surface area contributed by atoms with Gasteiger partial charge in [0.15, 0.2) is 0 Å². The van der Waals surface area contributed by atoms with Gasteiger partial charge in [-0.2, -0.15) is 12.7 Å². The van der Waals surface area contributed by atoms with E-state index in [0.717, 1.165) is 0 Å². The standard InChI is InChI=1S/C12H11N3O5S/c13-11-8-4-5-9-12(11)14(10-6-2-1-3-7-10)21(18,19)20-15(16)17/h1-9H,13H2. The zero-order valence-corrected chi connectivity index (χ0v) is 11.4. The van der Waals surface area contributed by atoms with E-state index in [-0.39, 0.29) is 17.1 Å². The molecule has 0 heterocycles. The lowest BCUT2D eigenvalue weighted by atomic mass is 10.2. The molecule has 0 radical (unpaired) electrons. The zero-order chi connectivity index (χ0) is 15.5. The van der Waals surface area contributed by atoms with Crippen LogP contribution in [0.3, 0.4) is 0 Å². The van der Waals surface area contributed by atoms with Crippen LogP contribution in [0.15, 0.2) is 54.6 Å². The van der Waals surface area contributed by atoms with Crippen LogP contribution < -0.4 is 10.0 Å². The van der Waals surface area contributed by atoms with Crippen molar-refractivity contribution in [1.82, 2.24) is 0 Å². The number of rotatable bonds is 5. The molecule has 2 aromatic carbocycles. The predicted molar refractivity (Wildman–Crippen MR) is 76.4 cm³/mol. The summed E-state index contributed by atoms with van der Waals surface area (Å²) in [6.07, 6.45) is 0. The Labute approximate surface area is 120 Å². The Kier molecular flexibility index (Phi) is 3.94. The van der Waals surface area contributed by atoms with Gasteiger partial charge in [0.2, 0.25) is 0 Å². The van der Waals surface area contributed by atoms with Crippen molar-refractivity contribution in [2.45, 2.75) is 0 Å². The molecule has 2 rings (SSSR count).